The van der Waals surface area contributed by atoms with E-state index in [2.05, 4.69) is 37.6 Å². The van der Waals surface area contributed by atoms with Crippen LogP contribution >= 0.6 is 19.2 Å². The zero-order valence-corrected chi connectivity index (χ0v) is 24.4. The molecular formula is C27H36N3O7PS. The number of aromatic nitrogens is 1. The van der Waals surface area contributed by atoms with Crippen LogP contribution in [0, 0.1) is 30.1 Å². The predicted octanol–water partition coefficient (Wildman–Crippen LogP) is 6.01. The summed E-state index contributed by atoms with van der Waals surface area (Å²) in [6.07, 6.45) is 7.78. The number of nitrogens with zero attached hydrogens (tertiary/aromatic N) is 2. The smallest absolute Gasteiger partial charge is 0.399 e. The van der Waals surface area contributed by atoms with Crippen LogP contribution in [-0.4, -0.2) is 35.7 Å². The fourth-order valence-electron chi connectivity index (χ4n) is 7.24. The van der Waals surface area contributed by atoms with Crippen molar-refractivity contribution in [3.05, 3.63) is 40.4 Å². The van der Waals surface area contributed by atoms with E-state index in [0.29, 0.717) is 41.0 Å². The maximum atomic E-state index is 12.8. The van der Waals surface area contributed by atoms with Gasteiger partial charge in [0.25, 0.3) is 0 Å². The lowest BCUT2D eigenvalue weighted by molar-refractivity contribution is -0.125. The van der Waals surface area contributed by atoms with Gasteiger partial charge in [0.1, 0.15) is 7.11 Å². The van der Waals surface area contributed by atoms with Gasteiger partial charge in [-0.05, 0) is 92.4 Å². The second-order valence-corrected chi connectivity index (χ2v) is 13.7. The summed E-state index contributed by atoms with van der Waals surface area (Å²) < 4.78 is 20.6. The number of anilines is 1. The Balaban J connectivity index is 1.33. The summed E-state index contributed by atoms with van der Waals surface area (Å²) in [5.74, 6) is 1.96. The van der Waals surface area contributed by atoms with E-state index in [9.17, 15) is 14.3 Å². The number of rotatable bonds is 9. The van der Waals surface area contributed by atoms with Crippen LogP contribution in [0.5, 0.6) is 5.75 Å². The number of nitrogens with one attached hydrogen (secondary N) is 1. The first kappa shape index (κ1) is 28.2. The van der Waals surface area contributed by atoms with Gasteiger partial charge in [0.05, 0.1) is 5.71 Å². The molecule has 1 amide bonds. The van der Waals surface area contributed by atoms with Crippen LogP contribution in [0.2, 0.25) is 0 Å². The summed E-state index contributed by atoms with van der Waals surface area (Å²) in [4.78, 5) is 37.9. The van der Waals surface area contributed by atoms with Gasteiger partial charge in [-0.3, -0.25) is 9.32 Å². The highest BCUT2D eigenvalue weighted by atomic mass is 32.1. The van der Waals surface area contributed by atoms with Crippen LogP contribution in [0.15, 0.2) is 29.6 Å². The van der Waals surface area contributed by atoms with Crippen molar-refractivity contribution >= 4 is 35.9 Å². The standard InChI is InChI=1S/C27H36N3O7PS/c1-16-15-28-26(39-16)29-24(31)10-6-18-14-23(30-34-3)27(2)12-11-21-20-9-7-19(36-37-38(32,33)35-4)13-17(20)5-8-22(21)25(18)27/h7,9,13,15,18,21-22,25H,5-6,8,10-12,14H2,1-4H3,(H,32,33)(H,28,29,31)/b30-23+/t18-,21?,22?,25?,27-/m1/s1. The molecule has 5 rings (SSSR count). The topological polar surface area (TPSA) is 129 Å². The lowest BCUT2D eigenvalue weighted by atomic mass is 9.54. The molecule has 10 nitrogen and oxygen atoms in total. The molecule has 2 N–H and O–H groups in total. The van der Waals surface area contributed by atoms with Gasteiger partial charge >= 0.3 is 7.82 Å². The number of oxime groups is 1. The Morgan fingerprint density at radius 1 is 1.33 bits per heavy atom. The van der Waals surface area contributed by atoms with Crippen LogP contribution < -0.4 is 10.2 Å². The maximum absolute atomic E-state index is 12.8. The Bertz CT molecular complexity index is 1300. The van der Waals surface area contributed by atoms with E-state index in [4.69, 9.17) is 9.73 Å². The first-order valence-electron chi connectivity index (χ1n) is 13.3. The maximum Gasteiger partial charge on any atom is 0.508 e. The van der Waals surface area contributed by atoms with Crippen LogP contribution in [0.1, 0.15) is 67.4 Å². The summed E-state index contributed by atoms with van der Waals surface area (Å²) in [5, 5.41) is 8.09. The third kappa shape index (κ3) is 5.79. The van der Waals surface area contributed by atoms with Gasteiger partial charge in [-0.2, -0.15) is 0 Å². The number of amides is 1. The van der Waals surface area contributed by atoms with Crippen molar-refractivity contribution in [1.29, 1.82) is 0 Å². The fraction of sp³-hybridized carbons (Fsp3) is 0.593. The van der Waals surface area contributed by atoms with E-state index in [1.54, 1.807) is 19.4 Å². The molecule has 0 aliphatic heterocycles. The van der Waals surface area contributed by atoms with Crippen LogP contribution in [0.25, 0.3) is 0 Å². The molecule has 3 aliphatic carbocycles. The van der Waals surface area contributed by atoms with Gasteiger partial charge in [0.15, 0.2) is 10.9 Å². The molecule has 4 unspecified atom stereocenters. The lowest BCUT2D eigenvalue weighted by Crippen LogP contribution is -2.44. The summed E-state index contributed by atoms with van der Waals surface area (Å²) in [6, 6.07) is 5.73. The third-order valence-corrected chi connectivity index (χ3v) is 10.4. The quantitative estimate of drug-likeness (QED) is 0.211. The number of phosphoric acid groups is 1. The Labute approximate surface area is 232 Å². The van der Waals surface area contributed by atoms with Crippen molar-refractivity contribution in [2.24, 2.45) is 28.3 Å². The molecule has 0 bridgehead atoms. The molecule has 2 fully saturated rings. The van der Waals surface area contributed by atoms with Crippen molar-refractivity contribution in [1.82, 2.24) is 4.98 Å². The monoisotopic (exact) mass is 577 g/mol. The summed E-state index contributed by atoms with van der Waals surface area (Å²) in [6.45, 7) is 4.30. The second-order valence-electron chi connectivity index (χ2n) is 11.0. The molecule has 1 heterocycles. The summed E-state index contributed by atoms with van der Waals surface area (Å²) in [5.41, 5.74) is 3.53. The zero-order valence-electron chi connectivity index (χ0n) is 22.7. The fourth-order valence-corrected chi connectivity index (χ4v) is 8.16. The molecule has 0 spiro atoms. The lowest BCUT2D eigenvalue weighted by Gasteiger charge is -2.50. The van der Waals surface area contributed by atoms with Crippen molar-refractivity contribution < 1.29 is 33.2 Å². The highest BCUT2D eigenvalue weighted by molar-refractivity contribution is 7.47. The van der Waals surface area contributed by atoms with Gasteiger partial charge in [-0.15, -0.1) is 11.3 Å². The molecule has 1 aromatic carbocycles. The van der Waals surface area contributed by atoms with E-state index in [1.807, 2.05) is 13.0 Å². The minimum absolute atomic E-state index is 0.000167. The minimum atomic E-state index is -4.24. The first-order valence-corrected chi connectivity index (χ1v) is 15.6. The Kier molecular flexibility index (Phi) is 8.18. The largest absolute Gasteiger partial charge is 0.508 e. The highest BCUT2D eigenvalue weighted by Gasteiger charge is 2.57. The molecule has 2 aromatic rings. The average Bonchev–Trinajstić information content (AvgIpc) is 3.45. The molecule has 2 saturated carbocycles. The van der Waals surface area contributed by atoms with E-state index >= 15 is 0 Å². The number of aryl methyl sites for hydroxylation is 2. The SMILES string of the molecule is CO/N=C1\C[C@@H](CCC(=O)Nc2ncc(C)s2)C2C3CCc4cc(OOP(=O)(O)OC)ccc4C3CC[C@]12C. The van der Waals surface area contributed by atoms with Crippen molar-refractivity contribution in [2.45, 2.75) is 64.7 Å². The Morgan fingerprint density at radius 3 is 2.87 bits per heavy atom. The van der Waals surface area contributed by atoms with Crippen molar-refractivity contribution in [3.63, 3.8) is 0 Å². The van der Waals surface area contributed by atoms with Gasteiger partial charge in [0, 0.05) is 30.0 Å². The molecule has 0 radical (unpaired) electrons. The van der Waals surface area contributed by atoms with Gasteiger partial charge in [0.2, 0.25) is 5.91 Å². The first-order chi connectivity index (χ1) is 18.6. The Hall–Kier alpha value is -2.30. The normalized spacial score (nSPS) is 30.1. The van der Waals surface area contributed by atoms with Crippen LogP contribution in [-0.2, 0) is 29.8 Å². The number of hydrogen-bond acceptors (Lipinski definition) is 9. The number of carbonyl (C=O) groups excluding carboxylic acids is 1. The molecule has 12 heteroatoms. The van der Waals surface area contributed by atoms with Gasteiger partial charge < -0.3 is 19.9 Å². The van der Waals surface area contributed by atoms with E-state index in [1.165, 1.54) is 22.5 Å². The number of hydrogen-bond donors (Lipinski definition) is 2. The van der Waals surface area contributed by atoms with Crippen LogP contribution in [0.3, 0.4) is 0 Å². The zero-order chi connectivity index (χ0) is 27.8. The predicted molar refractivity (Wildman–Crippen MR) is 148 cm³/mol. The van der Waals surface area contributed by atoms with Crippen LogP contribution in [0.4, 0.5) is 5.13 Å². The number of carbonyl (C=O) groups is 1. The molecule has 0 saturated heterocycles. The number of phosphoric ester groups is 1. The number of benzene rings is 1. The molecule has 39 heavy (non-hydrogen) atoms. The van der Waals surface area contributed by atoms with E-state index in [-0.39, 0.29) is 11.3 Å². The average molecular weight is 578 g/mol. The third-order valence-electron chi connectivity index (χ3n) is 8.84. The van der Waals surface area contributed by atoms with E-state index in [0.717, 1.165) is 56.2 Å². The van der Waals surface area contributed by atoms with Gasteiger partial charge in [-0.25, -0.2) is 9.55 Å². The van der Waals surface area contributed by atoms with E-state index < -0.39 is 7.82 Å². The van der Waals surface area contributed by atoms with Crippen molar-refractivity contribution in [2.75, 3.05) is 19.5 Å². The molecule has 1 aromatic heterocycles. The summed E-state index contributed by atoms with van der Waals surface area (Å²) >= 11 is 1.49. The molecule has 3 aliphatic rings. The number of fused-ring (bicyclic) bond motifs is 5. The highest BCUT2D eigenvalue weighted by Crippen LogP contribution is 2.62. The summed E-state index contributed by atoms with van der Waals surface area (Å²) in [7, 11) is -1.55. The number of thiazole rings is 1. The molecule has 6 atom stereocenters. The minimum Gasteiger partial charge on any atom is -0.399 e. The van der Waals surface area contributed by atoms with Crippen molar-refractivity contribution in [3.8, 4) is 5.75 Å². The Morgan fingerprint density at radius 2 is 2.15 bits per heavy atom. The molecular weight excluding hydrogens is 541 g/mol. The van der Waals surface area contributed by atoms with Gasteiger partial charge in [-0.1, -0.05) is 22.8 Å². The second kappa shape index (κ2) is 11.3. The molecule has 212 valence electrons.